The van der Waals surface area contributed by atoms with Crippen molar-refractivity contribution in [2.75, 3.05) is 19.8 Å². The molecule has 3 heterocycles. The van der Waals surface area contributed by atoms with E-state index in [4.69, 9.17) is 21.1 Å². The van der Waals surface area contributed by atoms with Crippen molar-refractivity contribution in [3.8, 4) is 17.0 Å². The Balaban J connectivity index is 1.66. The van der Waals surface area contributed by atoms with Crippen LogP contribution in [-0.2, 0) is 20.3 Å². The highest BCUT2D eigenvalue weighted by Crippen LogP contribution is 2.46. The predicted octanol–water partition coefficient (Wildman–Crippen LogP) is 2.90. The van der Waals surface area contributed by atoms with Gasteiger partial charge < -0.3 is 19.1 Å². The van der Waals surface area contributed by atoms with E-state index in [2.05, 4.69) is 0 Å². The minimum absolute atomic E-state index is 0.0407. The molecule has 3 aliphatic rings. The number of rotatable bonds is 5. The molecule has 5 rings (SSSR count). The Labute approximate surface area is 183 Å². The Morgan fingerprint density at radius 1 is 1.26 bits per heavy atom. The van der Waals surface area contributed by atoms with E-state index in [-0.39, 0.29) is 33.4 Å². The Morgan fingerprint density at radius 3 is 2.68 bits per heavy atom. The lowest BCUT2D eigenvalue weighted by atomic mass is 10.0. The Bertz CT molecular complexity index is 1260. The van der Waals surface area contributed by atoms with Crippen LogP contribution in [0.5, 0.6) is 5.75 Å². The van der Waals surface area contributed by atoms with Crippen molar-refractivity contribution in [2.45, 2.75) is 36.0 Å². The third-order valence-electron chi connectivity index (χ3n) is 5.92. The number of carboxylic acids is 1. The Kier molecular flexibility index (Phi) is 4.87. The van der Waals surface area contributed by atoms with E-state index >= 15 is 0 Å². The summed E-state index contributed by atoms with van der Waals surface area (Å²) < 4.78 is 38.7. The molecule has 164 valence electrons. The predicted molar refractivity (Wildman–Crippen MR) is 112 cm³/mol. The van der Waals surface area contributed by atoms with Gasteiger partial charge in [0, 0.05) is 30.2 Å². The van der Waals surface area contributed by atoms with Crippen LogP contribution in [-0.4, -0.2) is 43.9 Å². The van der Waals surface area contributed by atoms with Gasteiger partial charge in [0.2, 0.25) is 0 Å². The summed E-state index contributed by atoms with van der Waals surface area (Å²) in [6.45, 7) is 1.63. The van der Waals surface area contributed by atoms with Crippen LogP contribution in [0.1, 0.15) is 41.2 Å². The zero-order valence-corrected chi connectivity index (χ0v) is 18.0. The first-order chi connectivity index (χ1) is 14.8. The summed E-state index contributed by atoms with van der Waals surface area (Å²) in [7, 11) is -3.78. The second kappa shape index (κ2) is 7.36. The van der Waals surface area contributed by atoms with Crippen LogP contribution in [0.2, 0.25) is 5.02 Å². The number of hydrogen-bond donors (Lipinski definition) is 1. The van der Waals surface area contributed by atoms with E-state index in [1.54, 1.807) is 0 Å². The fraction of sp³-hybridized carbons (Fsp3) is 0.429. The second-order valence-electron chi connectivity index (χ2n) is 8.22. The van der Waals surface area contributed by atoms with E-state index < -0.39 is 26.9 Å². The number of aromatic nitrogens is 1. The van der Waals surface area contributed by atoms with E-state index in [0.717, 1.165) is 19.3 Å². The van der Waals surface area contributed by atoms with E-state index in [1.165, 1.54) is 22.8 Å². The molecule has 1 aromatic carbocycles. The SMILES string of the molecule is O=C(O)c1cc2c(n(C3CC3)c1=O)-c1cc(Cl)c(OC[C@@H]3CCOC3)cc1S(=O)(=O)C2. The first-order valence-electron chi connectivity index (χ1n) is 10.0. The van der Waals surface area contributed by atoms with Gasteiger partial charge in [-0.2, -0.15) is 0 Å². The summed E-state index contributed by atoms with van der Waals surface area (Å²) in [5.74, 6) is -1.27. The quantitative estimate of drug-likeness (QED) is 0.722. The van der Waals surface area contributed by atoms with Gasteiger partial charge in [0.05, 0.1) is 34.6 Å². The van der Waals surface area contributed by atoms with Crippen LogP contribution < -0.4 is 10.3 Å². The third kappa shape index (κ3) is 3.54. The molecule has 1 aromatic heterocycles. The minimum Gasteiger partial charge on any atom is -0.492 e. The van der Waals surface area contributed by atoms with Gasteiger partial charge in [-0.15, -0.1) is 0 Å². The van der Waals surface area contributed by atoms with Gasteiger partial charge in [0.25, 0.3) is 5.56 Å². The number of carbonyl (C=O) groups is 1. The minimum atomic E-state index is -3.78. The molecular weight excluding hydrogens is 446 g/mol. The van der Waals surface area contributed by atoms with Crippen molar-refractivity contribution in [3.05, 3.63) is 44.7 Å². The highest BCUT2D eigenvalue weighted by molar-refractivity contribution is 7.90. The highest BCUT2D eigenvalue weighted by Gasteiger charge is 2.37. The van der Waals surface area contributed by atoms with Crippen LogP contribution in [0.3, 0.4) is 0 Å². The number of pyridine rings is 1. The topological polar surface area (TPSA) is 112 Å². The van der Waals surface area contributed by atoms with Crippen LogP contribution in [0.25, 0.3) is 11.3 Å². The summed E-state index contributed by atoms with van der Waals surface area (Å²) in [5.41, 5.74) is -0.0150. The third-order valence-corrected chi connectivity index (χ3v) is 7.92. The molecule has 1 saturated heterocycles. The van der Waals surface area contributed by atoms with Crippen molar-refractivity contribution in [1.29, 1.82) is 0 Å². The zero-order chi connectivity index (χ0) is 21.9. The van der Waals surface area contributed by atoms with Gasteiger partial charge in [0.15, 0.2) is 9.84 Å². The van der Waals surface area contributed by atoms with Crippen LogP contribution in [0.15, 0.2) is 27.9 Å². The fourth-order valence-electron chi connectivity index (χ4n) is 4.23. The molecule has 1 saturated carbocycles. The van der Waals surface area contributed by atoms with Crippen molar-refractivity contribution in [2.24, 2.45) is 5.92 Å². The van der Waals surface area contributed by atoms with Crippen molar-refractivity contribution in [3.63, 3.8) is 0 Å². The Morgan fingerprint density at radius 2 is 2.03 bits per heavy atom. The molecule has 10 heteroatoms. The van der Waals surface area contributed by atoms with Crippen LogP contribution in [0.4, 0.5) is 0 Å². The summed E-state index contributed by atoms with van der Waals surface area (Å²) in [4.78, 5) is 24.5. The number of carboxylic acid groups (broad SMARTS) is 1. The lowest BCUT2D eigenvalue weighted by molar-refractivity contribution is 0.0694. The number of nitrogens with zero attached hydrogens (tertiary/aromatic N) is 1. The number of hydrogen-bond acceptors (Lipinski definition) is 6. The summed E-state index contributed by atoms with van der Waals surface area (Å²) in [6.07, 6.45) is 2.33. The van der Waals surface area contributed by atoms with Gasteiger partial charge in [0.1, 0.15) is 11.3 Å². The van der Waals surface area contributed by atoms with Crippen LogP contribution in [0, 0.1) is 5.92 Å². The molecule has 0 spiro atoms. The van der Waals surface area contributed by atoms with Crippen molar-refractivity contribution in [1.82, 2.24) is 4.57 Å². The number of benzene rings is 1. The molecule has 2 aliphatic heterocycles. The fourth-order valence-corrected chi connectivity index (χ4v) is 6.01. The zero-order valence-electron chi connectivity index (χ0n) is 16.5. The second-order valence-corrected chi connectivity index (χ2v) is 10.6. The monoisotopic (exact) mass is 465 g/mol. The van der Waals surface area contributed by atoms with E-state index in [9.17, 15) is 23.1 Å². The molecule has 2 aromatic rings. The van der Waals surface area contributed by atoms with Crippen molar-refractivity contribution >= 4 is 27.4 Å². The normalized spacial score (nSPS) is 21.4. The molecule has 1 atom stereocenters. The van der Waals surface area contributed by atoms with E-state index in [1.807, 2.05) is 0 Å². The molecule has 0 amide bonds. The number of sulfone groups is 1. The molecule has 0 bridgehead atoms. The average molecular weight is 466 g/mol. The Hall–Kier alpha value is -2.36. The summed E-state index contributed by atoms with van der Waals surface area (Å²) in [5, 5.41) is 9.67. The molecule has 0 unspecified atom stereocenters. The molecule has 1 N–H and O–H groups in total. The molecule has 31 heavy (non-hydrogen) atoms. The summed E-state index contributed by atoms with van der Waals surface area (Å²) >= 11 is 6.44. The number of ether oxygens (including phenoxy) is 2. The first-order valence-corrected chi connectivity index (χ1v) is 12.1. The van der Waals surface area contributed by atoms with Gasteiger partial charge in [-0.05, 0) is 37.0 Å². The van der Waals surface area contributed by atoms with Gasteiger partial charge in [-0.1, -0.05) is 11.6 Å². The lowest BCUT2D eigenvalue weighted by Crippen LogP contribution is -2.30. The van der Waals surface area contributed by atoms with Gasteiger partial charge in [-0.3, -0.25) is 4.79 Å². The molecule has 1 aliphatic carbocycles. The number of fused-ring (bicyclic) bond motifs is 3. The molecule has 2 fully saturated rings. The lowest BCUT2D eigenvalue weighted by Gasteiger charge is -2.25. The average Bonchev–Trinajstić information content (AvgIpc) is 3.40. The van der Waals surface area contributed by atoms with E-state index in [0.29, 0.717) is 36.6 Å². The maximum Gasteiger partial charge on any atom is 0.341 e. The number of halogens is 1. The molecule has 0 radical (unpaired) electrons. The summed E-state index contributed by atoms with van der Waals surface area (Å²) in [6, 6.07) is 3.95. The largest absolute Gasteiger partial charge is 0.492 e. The maximum atomic E-state index is 13.1. The standard InChI is InChI=1S/C21H20ClNO7S/c22-16-6-14-18(7-17(16)30-9-11-3-4-29-8-11)31(27,28)10-12-5-15(21(25)26)20(24)23(19(12)14)13-1-2-13/h5-7,11,13H,1-4,8-10H2,(H,25,26)/t11-/m1/s1. The first kappa shape index (κ1) is 20.5. The van der Waals surface area contributed by atoms with Crippen molar-refractivity contribution < 1.29 is 27.8 Å². The molecule has 8 nitrogen and oxygen atoms in total. The smallest absolute Gasteiger partial charge is 0.341 e. The number of aromatic carboxylic acids is 1. The maximum absolute atomic E-state index is 13.1. The molecular formula is C21H20ClNO7S. The van der Waals surface area contributed by atoms with Gasteiger partial charge in [-0.25, -0.2) is 13.2 Å². The highest BCUT2D eigenvalue weighted by atomic mass is 35.5. The van der Waals surface area contributed by atoms with Crippen LogP contribution >= 0.6 is 11.6 Å². The van der Waals surface area contributed by atoms with Gasteiger partial charge >= 0.3 is 5.97 Å².